The molecule has 2 saturated heterocycles. The average molecular weight is 1050 g/mol. The zero-order valence-corrected chi connectivity index (χ0v) is 42.8. The van der Waals surface area contributed by atoms with Crippen LogP contribution in [-0.2, 0) is 59.2 Å². The Morgan fingerprint density at radius 2 is 1.49 bits per heavy atom. The van der Waals surface area contributed by atoms with E-state index in [1.165, 1.54) is 22.6 Å². The molecule has 0 bridgehead atoms. The van der Waals surface area contributed by atoms with Crippen molar-refractivity contribution in [2.45, 2.75) is 134 Å². The number of primary amides is 2. The summed E-state index contributed by atoms with van der Waals surface area (Å²) >= 11 is 0. The second-order valence-corrected chi connectivity index (χ2v) is 19.7. The Balaban J connectivity index is 0.00000427. The first-order chi connectivity index (χ1) is 34.0. The van der Waals surface area contributed by atoms with Crippen molar-refractivity contribution in [2.24, 2.45) is 23.1 Å². The van der Waals surface area contributed by atoms with Crippen molar-refractivity contribution in [1.29, 1.82) is 0 Å². The lowest BCUT2D eigenvalue weighted by molar-refractivity contribution is -0.142. The molecule has 2 heterocycles. The molecule has 0 saturated carbocycles. The smallest absolute Gasteiger partial charge is 0.300 e. The summed E-state index contributed by atoms with van der Waals surface area (Å²) in [6.45, 7) is 7.80. The lowest BCUT2D eigenvalue weighted by Crippen LogP contribution is -2.63. The number of nitrogens with zero attached hydrogens (tertiary/aromatic N) is 1. The number of aliphatic carboxylic acids is 1. The van der Waals surface area contributed by atoms with Crippen LogP contribution >= 0.6 is 21.6 Å². The van der Waals surface area contributed by atoms with Gasteiger partial charge in [-0.1, -0.05) is 54.0 Å². The predicted octanol–water partition coefficient (Wildman–Crippen LogP) is -2.95. The number of carbonyl (C=O) groups excluding carboxylic acids is 10. The summed E-state index contributed by atoms with van der Waals surface area (Å²) in [7, 11) is 2.27. The second kappa shape index (κ2) is 32.0. The van der Waals surface area contributed by atoms with Gasteiger partial charge in [-0.3, -0.25) is 52.7 Å². The third kappa shape index (κ3) is 21.7. The van der Waals surface area contributed by atoms with Gasteiger partial charge in [0.2, 0.25) is 59.1 Å². The molecule has 3 rings (SSSR count). The van der Waals surface area contributed by atoms with Crippen LogP contribution in [0.2, 0.25) is 0 Å². The van der Waals surface area contributed by atoms with Crippen LogP contribution in [0.3, 0.4) is 0 Å². The van der Waals surface area contributed by atoms with Gasteiger partial charge in [0.05, 0.1) is 25.7 Å². The first-order valence-corrected chi connectivity index (χ1v) is 26.0. The normalized spacial score (nSPS) is 22.8. The SMILES string of the molecule is CC(=O)O.CCOc1ccc(C[C@H]2NC(=O)CCSSC[C@@H](C(=O)N3CCC[C@H]3C(=O)N[C@@H](CCCN)C(=O)NCC(N)=O)NC(=O)[C@H](CC(N)=O)NC(=O)[C@H]([C@@H](C)O)NC(=O)[C@H]([C@@H](C)CC)NC2=O)cc1. The molecule has 25 nitrogen and oxygen atoms in total. The predicted molar refractivity (Wildman–Crippen MR) is 266 cm³/mol. The minimum absolute atomic E-state index is 0.0243. The van der Waals surface area contributed by atoms with Crippen molar-refractivity contribution in [3.8, 4) is 5.75 Å². The number of carboxylic acids is 1. The number of nitrogens with one attached hydrogen (secondary N) is 7. The van der Waals surface area contributed by atoms with Crippen molar-refractivity contribution < 1.29 is 67.7 Å². The third-order valence-corrected chi connectivity index (χ3v) is 13.6. The Bertz CT molecular complexity index is 2050. The molecule has 1 aromatic rings. The summed E-state index contributed by atoms with van der Waals surface area (Å²) in [6.07, 6.45) is -1.05. The monoisotopic (exact) mass is 1050 g/mol. The third-order valence-electron chi connectivity index (χ3n) is 11.2. The molecule has 1 aromatic carbocycles. The zero-order chi connectivity index (χ0) is 54.1. The fourth-order valence-electron chi connectivity index (χ4n) is 7.29. The maximum Gasteiger partial charge on any atom is 0.300 e. The topological polar surface area (TPSA) is 403 Å². The highest BCUT2D eigenvalue weighted by Crippen LogP contribution is 2.26. The second-order valence-electron chi connectivity index (χ2n) is 17.0. The maximum absolute atomic E-state index is 14.4. The fraction of sp³-hybridized carbons (Fsp3) is 0.622. The van der Waals surface area contributed by atoms with Gasteiger partial charge in [0.15, 0.2) is 0 Å². The van der Waals surface area contributed by atoms with Crippen molar-refractivity contribution in [3.05, 3.63) is 29.8 Å². The van der Waals surface area contributed by atoms with Gasteiger partial charge in [0.25, 0.3) is 5.97 Å². The summed E-state index contributed by atoms with van der Waals surface area (Å²) in [5.41, 5.74) is 17.0. The van der Waals surface area contributed by atoms with Crippen LogP contribution in [-0.4, -0.2) is 166 Å². The van der Waals surface area contributed by atoms with E-state index in [1.54, 1.807) is 38.1 Å². The minimum Gasteiger partial charge on any atom is -0.494 e. The van der Waals surface area contributed by atoms with E-state index in [0.717, 1.165) is 17.7 Å². The highest BCUT2D eigenvalue weighted by atomic mass is 33.1. The van der Waals surface area contributed by atoms with Gasteiger partial charge in [0.1, 0.15) is 48.0 Å². The molecular weight excluding hydrogens is 983 g/mol. The maximum atomic E-state index is 14.4. The number of amides is 10. The molecule has 0 radical (unpaired) electrons. The van der Waals surface area contributed by atoms with Crippen LogP contribution in [0.5, 0.6) is 5.75 Å². The van der Waals surface area contributed by atoms with Crippen molar-refractivity contribution in [1.82, 2.24) is 42.1 Å². The Kier molecular flexibility index (Phi) is 27.5. The number of carboxylic acid groups (broad SMARTS) is 1. The number of ether oxygens (including phenoxy) is 1. The van der Waals surface area contributed by atoms with E-state index in [9.17, 15) is 53.1 Å². The van der Waals surface area contributed by atoms with E-state index in [0.29, 0.717) is 37.2 Å². The van der Waals surface area contributed by atoms with E-state index in [1.807, 2.05) is 6.92 Å². The number of aliphatic hydroxyl groups is 1. The summed E-state index contributed by atoms with van der Waals surface area (Å²) in [4.78, 5) is 144. The minimum atomic E-state index is -1.74. The van der Waals surface area contributed by atoms with E-state index >= 15 is 0 Å². The number of benzene rings is 1. The first kappa shape index (κ1) is 61.9. The molecule has 0 unspecified atom stereocenters. The van der Waals surface area contributed by atoms with Crippen LogP contribution in [0, 0.1) is 5.92 Å². The standard InChI is InChI=1S/C43H67N11O12S2.C2H4O2/c1-5-23(3)35-41(63)53-36(24(4)55)42(64)50-29(20-32(45)56)38(60)51-30(43(65)54-17-8-10-31(54)40(62)49-27(9-7-16-44)37(59)47-21-33(46)57)22-68-67-18-15-34(58)48-28(39(61)52-35)19-25-11-13-26(14-12-25)66-6-2;1-2(3)4/h11-14,23-24,27-31,35-36,55H,5-10,15-22,44H2,1-4H3,(H2,45,56)(H2,46,57)(H,47,59)(H,48,58)(H,49,62)(H,50,64)(H,51,60)(H,52,61)(H,53,63);1H3,(H,3,4)/t23-,24+,27-,28+,29-,30-,31-,35-,36-;/m0./s1. The fourth-order valence-corrected chi connectivity index (χ4v) is 9.44. The van der Waals surface area contributed by atoms with Crippen molar-refractivity contribution >= 4 is 86.6 Å². The quantitative estimate of drug-likeness (QED) is 0.0654. The molecule has 0 aromatic heterocycles. The Morgan fingerprint density at radius 3 is 2.07 bits per heavy atom. The molecule has 402 valence electrons. The molecule has 15 N–H and O–H groups in total. The number of carbonyl (C=O) groups is 11. The van der Waals surface area contributed by atoms with E-state index < -0.39 is 132 Å². The molecule has 27 heteroatoms. The van der Waals surface area contributed by atoms with Gasteiger partial charge in [-0.15, -0.1) is 0 Å². The number of aliphatic hydroxyl groups excluding tert-OH is 1. The summed E-state index contributed by atoms with van der Waals surface area (Å²) in [5, 5.41) is 36.1. The van der Waals surface area contributed by atoms with Gasteiger partial charge in [-0.2, -0.15) is 0 Å². The average Bonchev–Trinajstić information content (AvgIpc) is 3.82. The molecule has 72 heavy (non-hydrogen) atoms. The van der Waals surface area contributed by atoms with Crippen LogP contribution in [0.25, 0.3) is 0 Å². The van der Waals surface area contributed by atoms with E-state index in [2.05, 4.69) is 37.2 Å². The Labute approximate surface area is 425 Å². The summed E-state index contributed by atoms with van der Waals surface area (Å²) in [5.74, 6) is -8.90. The van der Waals surface area contributed by atoms with Gasteiger partial charge in [-0.25, -0.2) is 0 Å². The Morgan fingerprint density at radius 1 is 0.861 bits per heavy atom. The highest BCUT2D eigenvalue weighted by molar-refractivity contribution is 8.76. The summed E-state index contributed by atoms with van der Waals surface area (Å²) < 4.78 is 5.53. The lowest BCUT2D eigenvalue weighted by Gasteiger charge is -2.31. The first-order valence-electron chi connectivity index (χ1n) is 23.5. The van der Waals surface area contributed by atoms with Gasteiger partial charge in [0, 0.05) is 37.8 Å². The van der Waals surface area contributed by atoms with E-state index in [4.69, 9.17) is 31.8 Å². The van der Waals surface area contributed by atoms with Gasteiger partial charge < -0.3 is 74.3 Å². The van der Waals surface area contributed by atoms with Crippen molar-refractivity contribution in [3.63, 3.8) is 0 Å². The van der Waals surface area contributed by atoms with Crippen LogP contribution in [0.1, 0.15) is 85.1 Å². The zero-order valence-electron chi connectivity index (χ0n) is 41.2. The number of likely N-dealkylation sites (tertiary alicyclic amines) is 1. The molecule has 0 spiro atoms. The van der Waals surface area contributed by atoms with E-state index in [-0.39, 0.29) is 50.3 Å². The molecule has 2 aliphatic rings. The largest absolute Gasteiger partial charge is 0.494 e. The molecule has 9 atom stereocenters. The number of hydrogen-bond acceptors (Lipinski definition) is 16. The lowest BCUT2D eigenvalue weighted by atomic mass is 9.96. The number of rotatable bonds is 18. The van der Waals surface area contributed by atoms with Crippen molar-refractivity contribution in [2.75, 3.05) is 37.7 Å². The van der Waals surface area contributed by atoms with Gasteiger partial charge >= 0.3 is 0 Å². The summed E-state index contributed by atoms with van der Waals surface area (Å²) in [6, 6.07) is -2.62. The number of hydrogen-bond donors (Lipinski definition) is 12. The molecule has 2 fully saturated rings. The molecule has 0 aliphatic carbocycles. The molecular formula is C45H71N11O14S2. The highest BCUT2D eigenvalue weighted by Gasteiger charge is 2.41. The Hall–Kier alpha value is -6.19. The van der Waals surface area contributed by atoms with Crippen LogP contribution in [0.15, 0.2) is 24.3 Å². The molecule has 10 amide bonds. The van der Waals surface area contributed by atoms with Crippen LogP contribution < -0.4 is 59.2 Å². The van der Waals surface area contributed by atoms with Gasteiger partial charge in [-0.05, 0) is 69.7 Å². The number of nitrogens with two attached hydrogens (primary N) is 3. The molecule has 2 aliphatic heterocycles. The van der Waals surface area contributed by atoms with Crippen LogP contribution in [0.4, 0.5) is 0 Å².